The fourth-order valence-corrected chi connectivity index (χ4v) is 2.49. The number of benzene rings is 1. The maximum Gasteiger partial charge on any atom is 0.326 e. The van der Waals surface area contributed by atoms with E-state index in [1.165, 1.54) is 6.20 Å². The van der Waals surface area contributed by atoms with Crippen LogP contribution in [0.15, 0.2) is 36.5 Å². The summed E-state index contributed by atoms with van der Waals surface area (Å²) in [7, 11) is 0. The van der Waals surface area contributed by atoms with Gasteiger partial charge in [0.25, 0.3) is 5.91 Å². The topological polar surface area (TPSA) is 84.2 Å². The second-order valence-corrected chi connectivity index (χ2v) is 5.52. The van der Waals surface area contributed by atoms with Crippen LogP contribution in [0.1, 0.15) is 28.9 Å². The van der Waals surface area contributed by atoms with Crippen molar-refractivity contribution in [3.05, 3.63) is 47.8 Å². The summed E-state index contributed by atoms with van der Waals surface area (Å²) in [5, 5.41) is 16.0. The van der Waals surface area contributed by atoms with Gasteiger partial charge in [-0.1, -0.05) is 18.2 Å². The lowest BCUT2D eigenvalue weighted by Crippen LogP contribution is -2.42. The predicted molar refractivity (Wildman–Crippen MR) is 79.9 cm³/mol. The van der Waals surface area contributed by atoms with Crippen molar-refractivity contribution in [3.63, 3.8) is 0 Å². The number of hydrogen-bond acceptors (Lipinski definition) is 3. The summed E-state index contributed by atoms with van der Waals surface area (Å²) < 4.78 is 1.67. The van der Waals surface area contributed by atoms with E-state index in [1.54, 1.807) is 11.6 Å². The molecule has 0 saturated heterocycles. The second kappa shape index (κ2) is 5.63. The Morgan fingerprint density at radius 3 is 2.59 bits per heavy atom. The Labute approximate surface area is 127 Å². The number of carbonyl (C=O) groups is 2. The van der Waals surface area contributed by atoms with Crippen LogP contribution < -0.4 is 5.32 Å². The van der Waals surface area contributed by atoms with Crippen LogP contribution in [0.3, 0.4) is 0 Å². The SMILES string of the molecule is Cc1c(C(=O)NC(C(=O)O)C2CC2)cnn1-c1ccccc1. The molecule has 3 rings (SSSR count). The Bertz CT molecular complexity index is 705. The van der Waals surface area contributed by atoms with Crippen LogP contribution >= 0.6 is 0 Å². The molecule has 0 bridgehead atoms. The summed E-state index contributed by atoms with van der Waals surface area (Å²) in [4.78, 5) is 23.6. The molecule has 0 radical (unpaired) electrons. The molecule has 22 heavy (non-hydrogen) atoms. The number of carboxylic acids is 1. The molecule has 1 aliphatic carbocycles. The van der Waals surface area contributed by atoms with E-state index in [-0.39, 0.29) is 11.8 Å². The molecule has 1 aromatic carbocycles. The van der Waals surface area contributed by atoms with Crippen molar-refractivity contribution in [3.8, 4) is 5.69 Å². The third-order valence-corrected chi connectivity index (χ3v) is 3.90. The van der Waals surface area contributed by atoms with Crippen LogP contribution in [0, 0.1) is 12.8 Å². The van der Waals surface area contributed by atoms with Crippen LogP contribution in [0.4, 0.5) is 0 Å². The smallest absolute Gasteiger partial charge is 0.326 e. The highest BCUT2D eigenvalue weighted by Crippen LogP contribution is 2.33. The van der Waals surface area contributed by atoms with Gasteiger partial charge in [-0.15, -0.1) is 0 Å². The lowest BCUT2D eigenvalue weighted by molar-refractivity contribution is -0.139. The largest absolute Gasteiger partial charge is 0.480 e. The van der Waals surface area contributed by atoms with Gasteiger partial charge in [-0.3, -0.25) is 4.79 Å². The van der Waals surface area contributed by atoms with Crippen molar-refractivity contribution in [1.82, 2.24) is 15.1 Å². The molecule has 2 N–H and O–H groups in total. The summed E-state index contributed by atoms with van der Waals surface area (Å²) in [6.45, 7) is 1.79. The number of nitrogens with zero attached hydrogens (tertiary/aromatic N) is 2. The zero-order chi connectivity index (χ0) is 15.7. The highest BCUT2D eigenvalue weighted by Gasteiger charge is 2.37. The number of hydrogen-bond donors (Lipinski definition) is 2. The first-order chi connectivity index (χ1) is 10.6. The zero-order valence-corrected chi connectivity index (χ0v) is 12.2. The first-order valence-corrected chi connectivity index (χ1v) is 7.21. The van der Waals surface area contributed by atoms with Crippen molar-refractivity contribution in [2.45, 2.75) is 25.8 Å². The number of amides is 1. The summed E-state index contributed by atoms with van der Waals surface area (Å²) in [6.07, 6.45) is 3.17. The third kappa shape index (κ3) is 2.72. The Morgan fingerprint density at radius 1 is 1.32 bits per heavy atom. The number of carboxylic acid groups (broad SMARTS) is 1. The first-order valence-electron chi connectivity index (χ1n) is 7.21. The van der Waals surface area contributed by atoms with E-state index in [0.717, 1.165) is 18.5 Å². The van der Waals surface area contributed by atoms with Crippen LogP contribution in [-0.4, -0.2) is 32.8 Å². The van der Waals surface area contributed by atoms with Gasteiger partial charge in [-0.25, -0.2) is 9.48 Å². The van der Waals surface area contributed by atoms with Crippen LogP contribution in [0.25, 0.3) is 5.69 Å². The highest BCUT2D eigenvalue weighted by molar-refractivity contribution is 5.97. The van der Waals surface area contributed by atoms with Crippen molar-refractivity contribution in [2.24, 2.45) is 5.92 Å². The van der Waals surface area contributed by atoms with Crippen LogP contribution in [-0.2, 0) is 4.79 Å². The minimum absolute atomic E-state index is 0.0472. The fourth-order valence-electron chi connectivity index (χ4n) is 2.49. The molecule has 6 nitrogen and oxygen atoms in total. The van der Waals surface area contributed by atoms with E-state index in [9.17, 15) is 14.7 Å². The molecule has 1 aromatic heterocycles. The van der Waals surface area contributed by atoms with E-state index in [0.29, 0.717) is 11.3 Å². The molecular formula is C16H17N3O3. The molecule has 1 atom stereocenters. The van der Waals surface area contributed by atoms with Gasteiger partial charge in [-0.05, 0) is 37.8 Å². The molecule has 6 heteroatoms. The van der Waals surface area contributed by atoms with Crippen molar-refractivity contribution >= 4 is 11.9 Å². The van der Waals surface area contributed by atoms with Crippen molar-refractivity contribution in [1.29, 1.82) is 0 Å². The molecule has 1 aliphatic rings. The van der Waals surface area contributed by atoms with Gasteiger partial charge in [0.05, 0.1) is 23.1 Å². The number of rotatable bonds is 5. The lowest BCUT2D eigenvalue weighted by Gasteiger charge is -2.13. The van der Waals surface area contributed by atoms with Crippen molar-refractivity contribution < 1.29 is 14.7 Å². The van der Waals surface area contributed by atoms with Gasteiger partial charge in [0.2, 0.25) is 0 Å². The van der Waals surface area contributed by atoms with E-state index in [4.69, 9.17) is 0 Å². The van der Waals surface area contributed by atoms with E-state index in [1.807, 2.05) is 30.3 Å². The molecule has 1 unspecified atom stereocenters. The van der Waals surface area contributed by atoms with Crippen LogP contribution in [0.5, 0.6) is 0 Å². The first kappa shape index (κ1) is 14.3. The predicted octanol–water partition coefficient (Wildman–Crippen LogP) is 1.77. The molecule has 114 valence electrons. The summed E-state index contributed by atoms with van der Waals surface area (Å²) in [6, 6.07) is 8.67. The normalized spacial score (nSPS) is 15.3. The number of carbonyl (C=O) groups excluding carboxylic acids is 1. The average molecular weight is 299 g/mol. The zero-order valence-electron chi connectivity index (χ0n) is 12.2. The Kier molecular flexibility index (Phi) is 3.66. The summed E-state index contributed by atoms with van der Waals surface area (Å²) in [5.41, 5.74) is 1.94. The summed E-state index contributed by atoms with van der Waals surface area (Å²) in [5.74, 6) is -1.33. The molecule has 2 aromatic rings. The quantitative estimate of drug-likeness (QED) is 0.881. The lowest BCUT2D eigenvalue weighted by atomic mass is 10.1. The van der Waals surface area contributed by atoms with Gasteiger partial charge in [0.15, 0.2) is 0 Å². The number of para-hydroxylation sites is 1. The second-order valence-electron chi connectivity index (χ2n) is 5.52. The van der Waals surface area contributed by atoms with Crippen LogP contribution in [0.2, 0.25) is 0 Å². The standard InChI is InChI=1S/C16H17N3O3/c1-10-13(9-17-19(10)12-5-3-2-4-6-12)15(20)18-14(16(21)22)11-7-8-11/h2-6,9,11,14H,7-8H2,1H3,(H,18,20)(H,21,22). The minimum Gasteiger partial charge on any atom is -0.480 e. The molecular weight excluding hydrogens is 282 g/mol. The Balaban J connectivity index is 1.82. The number of nitrogens with one attached hydrogen (secondary N) is 1. The van der Waals surface area contributed by atoms with E-state index in [2.05, 4.69) is 10.4 Å². The third-order valence-electron chi connectivity index (χ3n) is 3.90. The Hall–Kier alpha value is -2.63. The molecule has 1 saturated carbocycles. The minimum atomic E-state index is -0.982. The molecule has 1 fully saturated rings. The van der Waals surface area contributed by atoms with Gasteiger partial charge >= 0.3 is 5.97 Å². The molecule has 0 spiro atoms. The van der Waals surface area contributed by atoms with E-state index < -0.39 is 12.0 Å². The number of aliphatic carboxylic acids is 1. The van der Waals surface area contributed by atoms with Crippen molar-refractivity contribution in [2.75, 3.05) is 0 Å². The van der Waals surface area contributed by atoms with Gasteiger partial charge < -0.3 is 10.4 Å². The van der Waals surface area contributed by atoms with E-state index >= 15 is 0 Å². The van der Waals surface area contributed by atoms with Gasteiger partial charge in [0.1, 0.15) is 6.04 Å². The fraction of sp³-hybridized carbons (Fsp3) is 0.312. The molecule has 0 aliphatic heterocycles. The van der Waals surface area contributed by atoms with Gasteiger partial charge in [0, 0.05) is 0 Å². The molecule has 1 heterocycles. The maximum atomic E-state index is 12.3. The summed E-state index contributed by atoms with van der Waals surface area (Å²) >= 11 is 0. The highest BCUT2D eigenvalue weighted by atomic mass is 16.4. The maximum absolute atomic E-state index is 12.3. The van der Waals surface area contributed by atoms with Gasteiger partial charge in [-0.2, -0.15) is 5.10 Å². The Morgan fingerprint density at radius 2 is 2.00 bits per heavy atom. The molecule has 1 amide bonds. The monoisotopic (exact) mass is 299 g/mol. The number of aromatic nitrogens is 2. The average Bonchev–Trinajstić information content (AvgIpc) is 3.27.